The molecule has 0 radical (unpaired) electrons. The first kappa shape index (κ1) is 28.1. The lowest BCUT2D eigenvalue weighted by molar-refractivity contribution is -0.122. The van der Waals surface area contributed by atoms with Crippen LogP contribution in [0.25, 0.3) is 22.0 Å². The summed E-state index contributed by atoms with van der Waals surface area (Å²) in [6, 6.07) is 6.11. The van der Waals surface area contributed by atoms with Gasteiger partial charge in [0.1, 0.15) is 0 Å². The summed E-state index contributed by atoms with van der Waals surface area (Å²) < 4.78 is 56.4. The van der Waals surface area contributed by atoms with Crippen LogP contribution < -0.4 is 16.8 Å². The maximum absolute atomic E-state index is 12.2. The third-order valence-electron chi connectivity index (χ3n) is 6.08. The number of hydrogen-bond acceptors (Lipinski definition) is 6. The van der Waals surface area contributed by atoms with Crippen LogP contribution in [-0.2, 0) is 16.6 Å². The van der Waals surface area contributed by atoms with Crippen LogP contribution in [0.4, 0.5) is 13.2 Å². The minimum absolute atomic E-state index is 0.131. The Morgan fingerprint density at radius 2 is 1.86 bits per heavy atom. The largest absolute Gasteiger partial charge is 0.454 e. The van der Waals surface area contributed by atoms with Crippen LogP contribution in [0.1, 0.15) is 46.5 Å². The predicted molar refractivity (Wildman–Crippen MR) is 136 cm³/mol. The minimum Gasteiger partial charge on any atom is -0.366 e. The molecule has 198 valence electrons. The van der Waals surface area contributed by atoms with Crippen molar-refractivity contribution in [3.63, 3.8) is 0 Å². The van der Waals surface area contributed by atoms with Gasteiger partial charge in [-0.1, -0.05) is 0 Å². The molecule has 1 amide bonds. The average molecular weight is 546 g/mol. The van der Waals surface area contributed by atoms with Gasteiger partial charge >= 0.3 is 6.30 Å². The summed E-state index contributed by atoms with van der Waals surface area (Å²) in [4.78, 5) is 16.7. The van der Waals surface area contributed by atoms with E-state index in [1.165, 1.54) is 4.88 Å². The second-order valence-electron chi connectivity index (χ2n) is 8.50. The number of nitrogens with one attached hydrogen (secondary N) is 2. The smallest absolute Gasteiger partial charge is 0.366 e. The minimum atomic E-state index is -4.50. The molecule has 0 saturated carbocycles. The third-order valence-corrected chi connectivity index (χ3v) is 8.90. The molecule has 1 aliphatic heterocycles. The zero-order valence-electron chi connectivity index (χ0n) is 20.0. The summed E-state index contributed by atoms with van der Waals surface area (Å²) in [5.74, 6) is -0.100. The second kappa shape index (κ2) is 11.3. The maximum atomic E-state index is 12.2. The lowest BCUT2D eigenvalue weighted by atomic mass is 9.88. The number of nitrogens with two attached hydrogens (primary N) is 2. The van der Waals surface area contributed by atoms with Gasteiger partial charge in [-0.25, -0.2) is 18.5 Å². The van der Waals surface area contributed by atoms with E-state index in [4.69, 9.17) is 5.73 Å². The number of thiophene rings is 1. The molecular weight excluding hydrogens is 515 g/mol. The number of amides is 1. The summed E-state index contributed by atoms with van der Waals surface area (Å²) in [5.41, 5.74) is 13.4. The van der Waals surface area contributed by atoms with Crippen LogP contribution in [0.15, 0.2) is 29.8 Å². The Labute approximate surface area is 211 Å². The molecule has 2 aromatic heterocycles. The number of H-pyrrole nitrogens is 1. The number of primary amides is 1. The third kappa shape index (κ3) is 6.85. The van der Waals surface area contributed by atoms with Crippen molar-refractivity contribution in [3.05, 3.63) is 45.8 Å². The van der Waals surface area contributed by atoms with Crippen molar-refractivity contribution in [3.8, 4) is 11.1 Å². The van der Waals surface area contributed by atoms with Crippen molar-refractivity contribution in [2.24, 2.45) is 11.5 Å². The first-order valence-corrected chi connectivity index (χ1v) is 13.8. The van der Waals surface area contributed by atoms with E-state index >= 15 is 0 Å². The van der Waals surface area contributed by atoms with E-state index in [1.807, 2.05) is 19.3 Å². The zero-order chi connectivity index (χ0) is 26.7. The molecular formula is C23H30F3N5O3S2. The predicted octanol–water partition coefficient (Wildman–Crippen LogP) is 3.71. The van der Waals surface area contributed by atoms with Gasteiger partial charge in [-0.05, 0) is 73.0 Å². The van der Waals surface area contributed by atoms with Crippen molar-refractivity contribution in [1.29, 1.82) is 0 Å². The topological polar surface area (TPSA) is 134 Å². The number of aromatic amines is 1. The SMILES string of the molecule is CCS(=O)(=O)N1CCC(c2c[nH]c3c(C(N)=O)cc(-c4csc(CNC)c4)cc23)CC1.NC(F)(F)F. The van der Waals surface area contributed by atoms with Gasteiger partial charge in [-0.2, -0.15) is 13.2 Å². The molecule has 36 heavy (non-hydrogen) atoms. The van der Waals surface area contributed by atoms with E-state index in [2.05, 4.69) is 33.5 Å². The van der Waals surface area contributed by atoms with Gasteiger partial charge in [0.15, 0.2) is 0 Å². The van der Waals surface area contributed by atoms with Crippen molar-refractivity contribution in [1.82, 2.24) is 14.6 Å². The summed E-state index contributed by atoms with van der Waals surface area (Å²) in [7, 11) is -1.24. The number of halogens is 3. The van der Waals surface area contributed by atoms with Gasteiger partial charge in [-0.3, -0.25) is 4.79 Å². The fraction of sp³-hybridized carbons (Fsp3) is 0.435. The molecule has 0 atom stereocenters. The maximum Gasteiger partial charge on any atom is 0.454 e. The number of piperidine rings is 1. The van der Waals surface area contributed by atoms with Crippen LogP contribution in [0, 0.1) is 0 Å². The summed E-state index contributed by atoms with van der Waals surface area (Å²) in [5, 5.41) is 6.25. The van der Waals surface area contributed by atoms with E-state index in [9.17, 15) is 26.4 Å². The fourth-order valence-electron chi connectivity index (χ4n) is 4.38. The van der Waals surface area contributed by atoms with Crippen molar-refractivity contribution < 1.29 is 26.4 Å². The number of alkyl halides is 3. The van der Waals surface area contributed by atoms with E-state index in [-0.39, 0.29) is 11.7 Å². The fourth-order valence-corrected chi connectivity index (χ4v) is 6.42. The number of fused-ring (bicyclic) bond motifs is 1. The Morgan fingerprint density at radius 1 is 1.22 bits per heavy atom. The van der Waals surface area contributed by atoms with Gasteiger partial charge in [0.05, 0.1) is 16.8 Å². The van der Waals surface area contributed by atoms with E-state index in [0.717, 1.165) is 47.0 Å². The Hall–Kier alpha value is -2.45. The summed E-state index contributed by atoms with van der Waals surface area (Å²) in [6.45, 7) is 3.52. The van der Waals surface area contributed by atoms with Crippen LogP contribution in [0.5, 0.6) is 0 Å². The second-order valence-corrected chi connectivity index (χ2v) is 11.8. The first-order valence-electron chi connectivity index (χ1n) is 11.3. The normalized spacial score (nSPS) is 15.6. The van der Waals surface area contributed by atoms with Gasteiger partial charge in [-0.15, -0.1) is 11.3 Å². The van der Waals surface area contributed by atoms with Gasteiger partial charge in [0.2, 0.25) is 10.0 Å². The molecule has 8 nitrogen and oxygen atoms in total. The number of carbonyl (C=O) groups excluding carboxylic acids is 1. The molecule has 0 bridgehead atoms. The Morgan fingerprint density at radius 3 is 2.42 bits per heavy atom. The number of rotatable bonds is 7. The van der Waals surface area contributed by atoms with E-state index < -0.39 is 22.2 Å². The standard InChI is InChI=1S/C22H28N4O3S2.CH2F3N/c1-3-31(28,29)26-6-4-14(5-7-26)20-12-25-21-18(20)9-15(10-19(21)22(23)27)16-8-17(11-24-2)30-13-16;2-1(3,4)5/h8-10,12-14,24-25H,3-7,11H2,1-2H3,(H2,23,27);5H2. The molecule has 0 aliphatic carbocycles. The Bertz CT molecular complexity index is 1300. The number of hydrogen-bond donors (Lipinski definition) is 4. The number of benzene rings is 1. The lowest BCUT2D eigenvalue weighted by Gasteiger charge is -2.31. The average Bonchev–Trinajstić information content (AvgIpc) is 3.45. The molecule has 1 aromatic carbocycles. The highest BCUT2D eigenvalue weighted by molar-refractivity contribution is 7.89. The zero-order valence-corrected chi connectivity index (χ0v) is 21.6. The van der Waals surface area contributed by atoms with Crippen LogP contribution in [0.3, 0.4) is 0 Å². The van der Waals surface area contributed by atoms with Crippen molar-refractivity contribution >= 4 is 38.2 Å². The van der Waals surface area contributed by atoms with Crippen molar-refractivity contribution in [2.75, 3.05) is 25.9 Å². The van der Waals surface area contributed by atoms with Gasteiger partial charge in [0, 0.05) is 36.1 Å². The van der Waals surface area contributed by atoms with Crippen LogP contribution in [-0.4, -0.2) is 55.8 Å². The number of sulfonamides is 1. The summed E-state index contributed by atoms with van der Waals surface area (Å²) >= 11 is 1.68. The number of carbonyl (C=O) groups is 1. The van der Waals surface area contributed by atoms with Crippen LogP contribution in [0.2, 0.25) is 0 Å². The van der Waals surface area contributed by atoms with Gasteiger partial charge in [0.25, 0.3) is 5.91 Å². The van der Waals surface area contributed by atoms with Crippen molar-refractivity contribution in [2.45, 2.75) is 38.5 Å². The molecule has 6 N–H and O–H groups in total. The summed E-state index contributed by atoms with van der Waals surface area (Å²) in [6.07, 6.45) is -1.03. The molecule has 0 unspecified atom stereocenters. The highest BCUT2D eigenvalue weighted by Crippen LogP contribution is 2.38. The number of nitrogens with zero attached hydrogens (tertiary/aromatic N) is 1. The highest BCUT2D eigenvalue weighted by atomic mass is 32.2. The molecule has 1 aliphatic rings. The lowest BCUT2D eigenvalue weighted by Crippen LogP contribution is -2.38. The Balaban J connectivity index is 0.000000658. The first-order chi connectivity index (χ1) is 16.8. The molecule has 0 spiro atoms. The number of aromatic nitrogens is 1. The Kier molecular flexibility index (Phi) is 8.83. The van der Waals surface area contributed by atoms with Gasteiger partial charge < -0.3 is 16.0 Å². The van der Waals surface area contributed by atoms with Crippen LogP contribution >= 0.6 is 11.3 Å². The molecule has 3 aromatic rings. The molecule has 13 heteroatoms. The highest BCUT2D eigenvalue weighted by Gasteiger charge is 2.29. The molecule has 3 heterocycles. The molecule has 1 saturated heterocycles. The van der Waals surface area contributed by atoms with E-state index in [0.29, 0.717) is 18.7 Å². The van der Waals surface area contributed by atoms with E-state index in [1.54, 1.807) is 22.6 Å². The molecule has 4 rings (SSSR count). The quantitative estimate of drug-likeness (QED) is 0.336. The molecule has 1 fully saturated rings. The monoisotopic (exact) mass is 545 g/mol.